The van der Waals surface area contributed by atoms with Crippen molar-refractivity contribution in [2.75, 3.05) is 0 Å². The molecule has 2 heteroatoms. The standard InChI is InChI=1S/C7H8OS/c1-5-6-2-3-9-7(6)4-8-5/h2-3,5H,4H2,1H3. The molecule has 0 spiro atoms. The normalized spacial score (nSPS) is 24.3. The maximum Gasteiger partial charge on any atom is 0.0821 e. The molecule has 0 saturated carbocycles. The molecule has 0 aromatic carbocycles. The van der Waals surface area contributed by atoms with Crippen molar-refractivity contribution < 1.29 is 4.74 Å². The number of rotatable bonds is 0. The average Bonchev–Trinajstić information content (AvgIpc) is 2.35. The number of hydrogen-bond donors (Lipinski definition) is 0. The van der Waals surface area contributed by atoms with Gasteiger partial charge in [0.15, 0.2) is 0 Å². The Kier molecular flexibility index (Phi) is 1.10. The molecule has 1 atom stereocenters. The van der Waals surface area contributed by atoms with E-state index in [1.807, 2.05) is 0 Å². The number of hydrogen-bond acceptors (Lipinski definition) is 2. The minimum absolute atomic E-state index is 0.339. The smallest absolute Gasteiger partial charge is 0.0821 e. The van der Waals surface area contributed by atoms with Gasteiger partial charge in [-0.3, -0.25) is 0 Å². The van der Waals surface area contributed by atoms with E-state index in [1.165, 1.54) is 10.4 Å². The molecule has 1 nitrogen and oxygen atoms in total. The maximum absolute atomic E-state index is 5.37. The van der Waals surface area contributed by atoms with Crippen LogP contribution in [0.15, 0.2) is 11.4 Å². The first-order valence-corrected chi connectivity index (χ1v) is 3.94. The molecular weight excluding hydrogens is 132 g/mol. The molecule has 0 aliphatic carbocycles. The third-order valence-electron chi connectivity index (χ3n) is 1.68. The van der Waals surface area contributed by atoms with Gasteiger partial charge in [0, 0.05) is 4.88 Å². The van der Waals surface area contributed by atoms with Gasteiger partial charge in [0.1, 0.15) is 0 Å². The van der Waals surface area contributed by atoms with Crippen molar-refractivity contribution in [1.29, 1.82) is 0 Å². The third-order valence-corrected chi connectivity index (χ3v) is 2.59. The summed E-state index contributed by atoms with van der Waals surface area (Å²) < 4.78 is 5.37. The van der Waals surface area contributed by atoms with Crippen LogP contribution in [-0.4, -0.2) is 0 Å². The van der Waals surface area contributed by atoms with Crippen LogP contribution >= 0.6 is 11.3 Å². The molecule has 48 valence electrons. The van der Waals surface area contributed by atoms with Crippen LogP contribution in [0.1, 0.15) is 23.5 Å². The topological polar surface area (TPSA) is 9.23 Å². The van der Waals surface area contributed by atoms with E-state index in [4.69, 9.17) is 4.74 Å². The van der Waals surface area contributed by atoms with Crippen molar-refractivity contribution in [1.82, 2.24) is 0 Å². The fraction of sp³-hybridized carbons (Fsp3) is 0.429. The summed E-state index contributed by atoms with van der Waals surface area (Å²) in [5.74, 6) is 0. The predicted molar refractivity (Wildman–Crippen MR) is 37.5 cm³/mol. The first kappa shape index (κ1) is 5.45. The van der Waals surface area contributed by atoms with E-state index in [0.717, 1.165) is 6.61 Å². The Balaban J connectivity index is 2.49. The number of fused-ring (bicyclic) bond motifs is 1. The summed E-state index contributed by atoms with van der Waals surface area (Å²) in [5.41, 5.74) is 1.39. The van der Waals surface area contributed by atoms with E-state index < -0.39 is 0 Å². The summed E-state index contributed by atoms with van der Waals surface area (Å²) in [6.07, 6.45) is 0.339. The highest BCUT2D eigenvalue weighted by atomic mass is 32.1. The van der Waals surface area contributed by atoms with Gasteiger partial charge in [-0.05, 0) is 23.9 Å². The van der Waals surface area contributed by atoms with Crippen LogP contribution in [0.5, 0.6) is 0 Å². The molecule has 1 aromatic rings. The highest BCUT2D eigenvalue weighted by molar-refractivity contribution is 7.10. The zero-order chi connectivity index (χ0) is 6.27. The van der Waals surface area contributed by atoms with E-state index in [2.05, 4.69) is 18.4 Å². The monoisotopic (exact) mass is 140 g/mol. The van der Waals surface area contributed by atoms with Gasteiger partial charge in [0.05, 0.1) is 12.7 Å². The summed E-state index contributed by atoms with van der Waals surface area (Å²) >= 11 is 1.79. The van der Waals surface area contributed by atoms with E-state index in [1.54, 1.807) is 11.3 Å². The van der Waals surface area contributed by atoms with Gasteiger partial charge in [-0.15, -0.1) is 11.3 Å². The summed E-state index contributed by atoms with van der Waals surface area (Å²) in [6, 6.07) is 2.15. The molecule has 1 aliphatic heterocycles. The Labute approximate surface area is 58.3 Å². The van der Waals surface area contributed by atoms with E-state index in [9.17, 15) is 0 Å². The molecule has 2 heterocycles. The Bertz CT molecular complexity index is 216. The average molecular weight is 140 g/mol. The van der Waals surface area contributed by atoms with E-state index in [-0.39, 0.29) is 0 Å². The summed E-state index contributed by atoms with van der Waals surface area (Å²) in [4.78, 5) is 1.41. The second-order valence-electron chi connectivity index (χ2n) is 2.25. The maximum atomic E-state index is 5.37. The fourth-order valence-electron chi connectivity index (χ4n) is 1.12. The first-order valence-electron chi connectivity index (χ1n) is 3.06. The quantitative estimate of drug-likeness (QED) is 0.537. The lowest BCUT2D eigenvalue weighted by molar-refractivity contribution is 0.0802. The molecule has 1 aliphatic rings. The summed E-state index contributed by atoms with van der Waals surface area (Å²) in [5, 5.41) is 2.13. The largest absolute Gasteiger partial charge is 0.368 e. The highest BCUT2D eigenvalue weighted by Gasteiger charge is 2.19. The molecule has 0 radical (unpaired) electrons. The van der Waals surface area contributed by atoms with Crippen LogP contribution in [0.3, 0.4) is 0 Å². The lowest BCUT2D eigenvalue weighted by Gasteiger charge is -1.98. The Hall–Kier alpha value is -0.340. The SMILES string of the molecule is CC1OCc2sccc21. The minimum atomic E-state index is 0.339. The van der Waals surface area contributed by atoms with Crippen molar-refractivity contribution in [3.8, 4) is 0 Å². The molecule has 0 amide bonds. The third kappa shape index (κ3) is 0.705. The van der Waals surface area contributed by atoms with Crippen LogP contribution in [0.4, 0.5) is 0 Å². The molecule has 9 heavy (non-hydrogen) atoms. The molecule has 0 saturated heterocycles. The van der Waals surface area contributed by atoms with Gasteiger partial charge in [-0.2, -0.15) is 0 Å². The number of ether oxygens (including phenoxy) is 1. The van der Waals surface area contributed by atoms with Crippen LogP contribution < -0.4 is 0 Å². The van der Waals surface area contributed by atoms with Gasteiger partial charge >= 0.3 is 0 Å². The molecule has 1 aromatic heterocycles. The van der Waals surface area contributed by atoms with Crippen LogP contribution in [0, 0.1) is 0 Å². The fourth-order valence-corrected chi connectivity index (χ4v) is 2.01. The van der Waals surface area contributed by atoms with Crippen LogP contribution in [0.2, 0.25) is 0 Å². The highest BCUT2D eigenvalue weighted by Crippen LogP contribution is 2.33. The lowest BCUT2D eigenvalue weighted by Crippen LogP contribution is -1.84. The van der Waals surface area contributed by atoms with Crippen LogP contribution in [0.25, 0.3) is 0 Å². The van der Waals surface area contributed by atoms with Crippen LogP contribution in [-0.2, 0) is 11.3 Å². The minimum Gasteiger partial charge on any atom is -0.368 e. The second kappa shape index (κ2) is 1.82. The first-order chi connectivity index (χ1) is 4.38. The molecule has 0 N–H and O–H groups in total. The number of thiophene rings is 1. The summed E-state index contributed by atoms with van der Waals surface area (Å²) in [6.45, 7) is 2.92. The molecule has 2 rings (SSSR count). The molecular formula is C7H8OS. The van der Waals surface area contributed by atoms with E-state index >= 15 is 0 Å². The zero-order valence-corrected chi connectivity index (χ0v) is 6.07. The van der Waals surface area contributed by atoms with Crippen molar-refractivity contribution in [2.24, 2.45) is 0 Å². The Morgan fingerprint density at radius 2 is 2.67 bits per heavy atom. The predicted octanol–water partition coefficient (Wildman–Crippen LogP) is 2.34. The Morgan fingerprint density at radius 1 is 1.78 bits per heavy atom. The van der Waals surface area contributed by atoms with Gasteiger partial charge in [0.2, 0.25) is 0 Å². The molecule has 0 bridgehead atoms. The van der Waals surface area contributed by atoms with Crippen molar-refractivity contribution in [3.63, 3.8) is 0 Å². The van der Waals surface area contributed by atoms with Crippen molar-refractivity contribution in [2.45, 2.75) is 19.6 Å². The van der Waals surface area contributed by atoms with Gasteiger partial charge in [-0.25, -0.2) is 0 Å². The lowest BCUT2D eigenvalue weighted by atomic mass is 10.2. The van der Waals surface area contributed by atoms with Gasteiger partial charge < -0.3 is 4.74 Å². The Morgan fingerprint density at radius 3 is 3.44 bits per heavy atom. The van der Waals surface area contributed by atoms with Crippen molar-refractivity contribution >= 4 is 11.3 Å². The zero-order valence-electron chi connectivity index (χ0n) is 5.26. The van der Waals surface area contributed by atoms with E-state index in [0.29, 0.717) is 6.10 Å². The van der Waals surface area contributed by atoms with Crippen molar-refractivity contribution in [3.05, 3.63) is 21.9 Å². The molecule has 0 fully saturated rings. The molecule has 1 unspecified atom stereocenters. The summed E-state index contributed by atoms with van der Waals surface area (Å²) in [7, 11) is 0. The van der Waals surface area contributed by atoms with Gasteiger partial charge in [0.25, 0.3) is 0 Å². The van der Waals surface area contributed by atoms with Gasteiger partial charge in [-0.1, -0.05) is 0 Å². The second-order valence-corrected chi connectivity index (χ2v) is 3.25.